The van der Waals surface area contributed by atoms with E-state index in [1.54, 1.807) is 0 Å². The summed E-state index contributed by atoms with van der Waals surface area (Å²) in [5, 5.41) is 0. The average molecular weight is 313 g/mol. The van der Waals surface area contributed by atoms with Crippen molar-refractivity contribution in [3.8, 4) is 0 Å². The van der Waals surface area contributed by atoms with Crippen molar-refractivity contribution >= 4 is 31.9 Å². The Kier molecular flexibility index (Phi) is 2.23. The van der Waals surface area contributed by atoms with Crippen LogP contribution < -0.4 is 11.4 Å². The van der Waals surface area contributed by atoms with Gasteiger partial charge in [-0.1, -0.05) is 31.9 Å². The molecule has 0 unspecified atom stereocenters. The van der Waals surface area contributed by atoms with Gasteiger partial charge in [0.1, 0.15) is 0 Å². The highest BCUT2D eigenvalue weighted by molar-refractivity contribution is 9.12. The van der Waals surface area contributed by atoms with E-state index >= 15 is 0 Å². The van der Waals surface area contributed by atoms with Crippen LogP contribution in [0.3, 0.4) is 0 Å². The van der Waals surface area contributed by atoms with Crippen LogP contribution in [0, 0.1) is 0 Å². The fraction of sp³-hybridized carbons (Fsp3) is 0.667. The van der Waals surface area contributed by atoms with Crippen LogP contribution in [0.25, 0.3) is 0 Å². The van der Waals surface area contributed by atoms with E-state index in [0.29, 0.717) is 13.1 Å². The first-order valence-electron chi connectivity index (χ1n) is 3.77. The number of aromatic amines is 1. The van der Waals surface area contributed by atoms with Gasteiger partial charge in [0.2, 0.25) is 0 Å². The van der Waals surface area contributed by atoms with E-state index in [-0.39, 0.29) is 21.0 Å². The molecule has 0 aliphatic carbocycles. The van der Waals surface area contributed by atoms with Gasteiger partial charge in [-0.15, -0.1) is 0 Å². The summed E-state index contributed by atoms with van der Waals surface area (Å²) in [7, 11) is 0. The number of alkyl halides is 2. The van der Waals surface area contributed by atoms with Gasteiger partial charge in [0, 0.05) is 9.65 Å². The molecule has 2 atom stereocenters. The minimum Gasteiger partial charge on any atom is -0.257 e. The lowest BCUT2D eigenvalue weighted by atomic mass is 10.3. The highest BCUT2D eigenvalue weighted by Crippen LogP contribution is 2.20. The number of hydrogen-bond donors (Lipinski definition) is 1. The Hall–Kier alpha value is -0.300. The fourth-order valence-corrected chi connectivity index (χ4v) is 2.24. The number of H-pyrrole nitrogens is 1. The zero-order chi connectivity index (χ0) is 9.59. The Bertz CT molecular complexity index is 393. The van der Waals surface area contributed by atoms with Crippen LogP contribution in [0.2, 0.25) is 0 Å². The van der Waals surface area contributed by atoms with Crippen LogP contribution in [0.5, 0.6) is 0 Å². The molecule has 1 aromatic rings. The van der Waals surface area contributed by atoms with Crippen LogP contribution in [0.1, 0.15) is 0 Å². The first-order chi connectivity index (χ1) is 6.09. The third-order valence-corrected chi connectivity index (χ3v) is 4.63. The van der Waals surface area contributed by atoms with Crippen LogP contribution in [-0.4, -0.2) is 24.0 Å². The largest absolute Gasteiger partial charge is 0.344 e. The summed E-state index contributed by atoms with van der Waals surface area (Å²) >= 11 is 6.86. The molecule has 5 nitrogen and oxygen atoms in total. The summed E-state index contributed by atoms with van der Waals surface area (Å²) in [4.78, 5) is 25.0. The Morgan fingerprint density at radius 3 is 1.85 bits per heavy atom. The Labute approximate surface area is 90.0 Å². The molecular weight excluding hydrogens is 306 g/mol. The molecule has 0 fully saturated rings. The van der Waals surface area contributed by atoms with Gasteiger partial charge in [-0.2, -0.15) is 0 Å². The Balaban J connectivity index is 2.56. The zero-order valence-electron chi connectivity index (χ0n) is 6.54. The van der Waals surface area contributed by atoms with Crippen LogP contribution in [0.15, 0.2) is 9.59 Å². The molecule has 1 aliphatic heterocycles. The monoisotopic (exact) mass is 311 g/mol. The zero-order valence-corrected chi connectivity index (χ0v) is 9.71. The number of aromatic nitrogens is 3. The number of nitrogens with one attached hydrogen (secondary N) is 1. The predicted molar refractivity (Wildman–Crippen MR) is 54.7 cm³/mol. The van der Waals surface area contributed by atoms with E-state index in [1.807, 2.05) is 0 Å². The molecule has 1 aromatic heterocycles. The Morgan fingerprint density at radius 2 is 1.46 bits per heavy atom. The first kappa shape index (κ1) is 9.26. The van der Waals surface area contributed by atoms with Gasteiger partial charge in [-0.3, -0.25) is 4.98 Å². The number of nitrogens with zero attached hydrogens (tertiary/aromatic N) is 2. The van der Waals surface area contributed by atoms with Crippen molar-refractivity contribution in [3.63, 3.8) is 0 Å². The van der Waals surface area contributed by atoms with Gasteiger partial charge in [0.05, 0.1) is 13.1 Å². The van der Waals surface area contributed by atoms with Crippen molar-refractivity contribution in [1.82, 2.24) is 14.3 Å². The number of halogens is 2. The standard InChI is InChI=1S/C6H7Br2N3O2/c7-3-1-10-5(12)9-6(13)11(10)2-4(3)8/h3-4H,1-2H2,(H,9,12,13)/t3-,4-/m1/s1. The number of rotatable bonds is 0. The van der Waals surface area contributed by atoms with E-state index in [0.717, 1.165) is 0 Å². The summed E-state index contributed by atoms with van der Waals surface area (Å²) in [6.07, 6.45) is 0. The maximum atomic E-state index is 11.2. The van der Waals surface area contributed by atoms with Crippen molar-refractivity contribution in [3.05, 3.63) is 21.0 Å². The van der Waals surface area contributed by atoms with Crippen LogP contribution >= 0.6 is 31.9 Å². The Morgan fingerprint density at radius 1 is 1.08 bits per heavy atom. The van der Waals surface area contributed by atoms with E-state index in [2.05, 4.69) is 36.8 Å². The van der Waals surface area contributed by atoms with Crippen molar-refractivity contribution in [2.24, 2.45) is 0 Å². The van der Waals surface area contributed by atoms with E-state index < -0.39 is 0 Å². The molecule has 2 heterocycles. The molecule has 0 amide bonds. The quantitative estimate of drug-likeness (QED) is 0.679. The molecule has 1 N–H and O–H groups in total. The summed E-state index contributed by atoms with van der Waals surface area (Å²) in [6.45, 7) is 1.01. The van der Waals surface area contributed by atoms with Gasteiger partial charge in [0.25, 0.3) is 0 Å². The molecule has 72 valence electrons. The molecule has 0 radical (unpaired) electrons. The van der Waals surface area contributed by atoms with Crippen molar-refractivity contribution in [2.75, 3.05) is 0 Å². The van der Waals surface area contributed by atoms with Crippen LogP contribution in [0.4, 0.5) is 0 Å². The molecule has 13 heavy (non-hydrogen) atoms. The van der Waals surface area contributed by atoms with Crippen LogP contribution in [-0.2, 0) is 13.1 Å². The first-order valence-corrected chi connectivity index (χ1v) is 5.61. The molecule has 0 saturated heterocycles. The third-order valence-electron chi connectivity index (χ3n) is 2.06. The van der Waals surface area contributed by atoms with Gasteiger partial charge in [-0.05, 0) is 0 Å². The number of fused-ring (bicyclic) bond motifs is 1. The SMILES string of the molecule is O=c1[nH]c(=O)n2n1C[C@@H](Br)[C@H](Br)C2. The van der Waals surface area contributed by atoms with Crippen molar-refractivity contribution in [1.29, 1.82) is 0 Å². The molecule has 1 aliphatic rings. The van der Waals surface area contributed by atoms with E-state index in [4.69, 9.17) is 0 Å². The lowest BCUT2D eigenvalue weighted by Gasteiger charge is -2.24. The predicted octanol–water partition coefficient (Wildman–Crippen LogP) is -0.121. The third kappa shape index (κ3) is 1.43. The minimum absolute atomic E-state index is 0.181. The van der Waals surface area contributed by atoms with Gasteiger partial charge in [0.15, 0.2) is 0 Å². The average Bonchev–Trinajstić information content (AvgIpc) is 2.31. The number of hydrogen-bond acceptors (Lipinski definition) is 2. The van der Waals surface area contributed by atoms with Gasteiger partial charge in [-0.25, -0.2) is 19.0 Å². The molecule has 0 spiro atoms. The molecular formula is C6H7Br2N3O2. The fourth-order valence-electron chi connectivity index (χ4n) is 1.36. The maximum Gasteiger partial charge on any atom is 0.344 e. The summed E-state index contributed by atoms with van der Waals surface area (Å²) in [6, 6.07) is 0. The summed E-state index contributed by atoms with van der Waals surface area (Å²) < 4.78 is 2.83. The maximum absolute atomic E-state index is 11.2. The van der Waals surface area contributed by atoms with Crippen molar-refractivity contribution < 1.29 is 0 Å². The second-order valence-corrected chi connectivity index (χ2v) is 5.28. The summed E-state index contributed by atoms with van der Waals surface area (Å²) in [5.41, 5.74) is -0.678. The molecule has 2 rings (SSSR count). The summed E-state index contributed by atoms with van der Waals surface area (Å²) in [5.74, 6) is 0. The second kappa shape index (κ2) is 3.13. The molecule has 0 bridgehead atoms. The highest BCUT2D eigenvalue weighted by atomic mass is 79.9. The molecule has 0 saturated carbocycles. The normalized spacial score (nSPS) is 27.2. The van der Waals surface area contributed by atoms with E-state index in [9.17, 15) is 9.59 Å². The minimum atomic E-state index is -0.339. The molecule has 7 heteroatoms. The smallest absolute Gasteiger partial charge is 0.257 e. The van der Waals surface area contributed by atoms with Gasteiger partial charge >= 0.3 is 11.4 Å². The molecule has 0 aromatic carbocycles. The highest BCUT2D eigenvalue weighted by Gasteiger charge is 2.26. The van der Waals surface area contributed by atoms with Gasteiger partial charge < -0.3 is 0 Å². The lowest BCUT2D eigenvalue weighted by molar-refractivity contribution is 0.370. The second-order valence-electron chi connectivity index (χ2n) is 2.93. The lowest BCUT2D eigenvalue weighted by Crippen LogP contribution is -2.41. The topological polar surface area (TPSA) is 59.8 Å². The van der Waals surface area contributed by atoms with Crippen molar-refractivity contribution in [2.45, 2.75) is 22.7 Å². The van der Waals surface area contributed by atoms with E-state index in [1.165, 1.54) is 9.36 Å².